The number of carbonyl (C=O) groups excluding carboxylic acids is 1. The van der Waals surface area contributed by atoms with E-state index in [1.165, 1.54) is 7.11 Å². The molecule has 2 aromatic rings. The van der Waals surface area contributed by atoms with Crippen molar-refractivity contribution in [2.75, 3.05) is 14.2 Å². The zero-order valence-corrected chi connectivity index (χ0v) is 11.7. The fourth-order valence-corrected chi connectivity index (χ4v) is 2.36. The van der Waals surface area contributed by atoms with Crippen molar-refractivity contribution in [1.29, 1.82) is 0 Å². The Kier molecular flexibility index (Phi) is 3.93. The lowest BCUT2D eigenvalue weighted by Gasteiger charge is -2.16. The van der Waals surface area contributed by atoms with Crippen molar-refractivity contribution >= 4 is 32.8 Å². The lowest BCUT2D eigenvalue weighted by molar-refractivity contribution is -0.143. The number of aromatic nitrogens is 1. The van der Waals surface area contributed by atoms with Crippen LogP contribution in [-0.4, -0.2) is 25.1 Å². The Bertz CT molecular complexity index is 586. The van der Waals surface area contributed by atoms with Crippen molar-refractivity contribution in [2.45, 2.75) is 6.04 Å². The van der Waals surface area contributed by atoms with Crippen LogP contribution in [0.1, 0.15) is 11.6 Å². The maximum Gasteiger partial charge on any atom is 0.327 e. The minimum Gasteiger partial charge on any atom is -0.468 e. The second kappa shape index (κ2) is 5.46. The highest BCUT2D eigenvalue weighted by Gasteiger charge is 2.22. The van der Waals surface area contributed by atoms with E-state index in [2.05, 4.69) is 26.2 Å². The lowest BCUT2D eigenvalue weighted by atomic mass is 10.0. The van der Waals surface area contributed by atoms with Crippen LogP contribution in [0.3, 0.4) is 0 Å². The molecule has 1 heterocycles. The smallest absolute Gasteiger partial charge is 0.327 e. The SMILES string of the molecule is CNC(C(=O)OC)c1ccc(Br)c2cccnc12. The lowest BCUT2D eigenvalue weighted by Crippen LogP contribution is -2.26. The zero-order chi connectivity index (χ0) is 13.1. The number of carbonyl (C=O) groups is 1. The fourth-order valence-electron chi connectivity index (χ4n) is 1.91. The average molecular weight is 309 g/mol. The molecule has 1 unspecified atom stereocenters. The van der Waals surface area contributed by atoms with E-state index >= 15 is 0 Å². The van der Waals surface area contributed by atoms with E-state index in [1.807, 2.05) is 24.3 Å². The van der Waals surface area contributed by atoms with Crippen LogP contribution in [0, 0.1) is 0 Å². The third kappa shape index (κ3) is 2.23. The topological polar surface area (TPSA) is 51.2 Å². The standard InChI is InChI=1S/C13H13BrN2O2/c1-15-12(13(17)18-2)9-5-6-10(14)8-4-3-7-16-11(8)9/h3-7,12,15H,1-2H3. The molecule has 18 heavy (non-hydrogen) atoms. The Hall–Kier alpha value is -1.46. The molecule has 94 valence electrons. The van der Waals surface area contributed by atoms with Crippen molar-refractivity contribution < 1.29 is 9.53 Å². The van der Waals surface area contributed by atoms with Crippen LogP contribution < -0.4 is 5.32 Å². The number of hydrogen-bond acceptors (Lipinski definition) is 4. The van der Waals surface area contributed by atoms with Crippen molar-refractivity contribution in [2.24, 2.45) is 0 Å². The van der Waals surface area contributed by atoms with Gasteiger partial charge in [-0.25, -0.2) is 4.79 Å². The van der Waals surface area contributed by atoms with Crippen LogP contribution in [0.5, 0.6) is 0 Å². The molecule has 1 atom stereocenters. The van der Waals surface area contributed by atoms with E-state index < -0.39 is 6.04 Å². The van der Waals surface area contributed by atoms with E-state index in [0.717, 1.165) is 20.9 Å². The first-order chi connectivity index (χ1) is 8.69. The van der Waals surface area contributed by atoms with Gasteiger partial charge in [0.2, 0.25) is 0 Å². The van der Waals surface area contributed by atoms with Gasteiger partial charge < -0.3 is 10.1 Å². The second-order valence-electron chi connectivity index (χ2n) is 3.78. The number of pyridine rings is 1. The molecule has 0 aliphatic carbocycles. The molecule has 2 rings (SSSR count). The normalized spacial score (nSPS) is 12.4. The molecule has 1 N–H and O–H groups in total. The molecule has 0 bridgehead atoms. The van der Waals surface area contributed by atoms with Crippen LogP contribution in [0.4, 0.5) is 0 Å². The molecule has 5 heteroatoms. The predicted molar refractivity (Wildman–Crippen MR) is 73.3 cm³/mol. The Balaban J connectivity index is 2.64. The van der Waals surface area contributed by atoms with Crippen LogP contribution in [0.2, 0.25) is 0 Å². The number of halogens is 1. The number of ether oxygens (including phenoxy) is 1. The minimum atomic E-state index is -0.513. The monoisotopic (exact) mass is 308 g/mol. The molecule has 1 aromatic carbocycles. The molecule has 4 nitrogen and oxygen atoms in total. The molecular weight excluding hydrogens is 296 g/mol. The number of rotatable bonds is 3. The maximum absolute atomic E-state index is 11.7. The van der Waals surface area contributed by atoms with Gasteiger partial charge in [-0.1, -0.05) is 28.1 Å². The molecule has 0 amide bonds. The summed E-state index contributed by atoms with van der Waals surface area (Å²) < 4.78 is 5.75. The van der Waals surface area contributed by atoms with Gasteiger partial charge >= 0.3 is 5.97 Å². The van der Waals surface area contributed by atoms with E-state index in [4.69, 9.17) is 4.74 Å². The van der Waals surface area contributed by atoms with Crippen molar-refractivity contribution in [3.63, 3.8) is 0 Å². The highest BCUT2D eigenvalue weighted by molar-refractivity contribution is 9.10. The third-order valence-corrected chi connectivity index (χ3v) is 3.48. The second-order valence-corrected chi connectivity index (χ2v) is 4.64. The number of esters is 1. The fraction of sp³-hybridized carbons (Fsp3) is 0.231. The first kappa shape index (κ1) is 13.0. The minimum absolute atomic E-state index is 0.327. The number of nitrogens with zero attached hydrogens (tertiary/aromatic N) is 1. The largest absolute Gasteiger partial charge is 0.468 e. The molecule has 1 aromatic heterocycles. The van der Waals surface area contributed by atoms with E-state index in [0.29, 0.717) is 0 Å². The quantitative estimate of drug-likeness (QED) is 0.885. The zero-order valence-electron chi connectivity index (χ0n) is 10.1. The van der Waals surface area contributed by atoms with Gasteiger partial charge in [0.15, 0.2) is 0 Å². The number of methoxy groups -OCH3 is 1. The van der Waals surface area contributed by atoms with Gasteiger partial charge in [0, 0.05) is 21.6 Å². The van der Waals surface area contributed by atoms with Gasteiger partial charge in [0.25, 0.3) is 0 Å². The summed E-state index contributed by atoms with van der Waals surface area (Å²) in [6, 6.07) is 7.09. The molecule has 0 radical (unpaired) electrons. The molecule has 0 saturated heterocycles. The number of likely N-dealkylation sites (N-methyl/N-ethyl adjacent to an activating group) is 1. The highest BCUT2D eigenvalue weighted by Crippen LogP contribution is 2.29. The number of hydrogen-bond donors (Lipinski definition) is 1. The van der Waals surface area contributed by atoms with E-state index in [-0.39, 0.29) is 5.97 Å². The number of nitrogens with one attached hydrogen (secondary N) is 1. The molecule has 0 fully saturated rings. The summed E-state index contributed by atoms with van der Waals surface area (Å²) in [6.45, 7) is 0. The summed E-state index contributed by atoms with van der Waals surface area (Å²) in [5.41, 5.74) is 1.60. The number of fused-ring (bicyclic) bond motifs is 1. The van der Waals surface area contributed by atoms with E-state index in [1.54, 1.807) is 13.2 Å². The van der Waals surface area contributed by atoms with E-state index in [9.17, 15) is 4.79 Å². The van der Waals surface area contributed by atoms with Crippen LogP contribution >= 0.6 is 15.9 Å². The van der Waals surface area contributed by atoms with Gasteiger partial charge in [-0.2, -0.15) is 0 Å². The van der Waals surface area contributed by atoms with Crippen LogP contribution in [0.25, 0.3) is 10.9 Å². The summed E-state index contributed by atoms with van der Waals surface area (Å²) in [5, 5.41) is 3.92. The molecule has 0 saturated carbocycles. The Labute approximate surface area is 113 Å². The van der Waals surface area contributed by atoms with Crippen LogP contribution in [-0.2, 0) is 9.53 Å². The summed E-state index contributed by atoms with van der Waals surface area (Å²) in [4.78, 5) is 16.1. The Morgan fingerprint density at radius 1 is 1.44 bits per heavy atom. The summed E-state index contributed by atoms with van der Waals surface area (Å²) in [6.07, 6.45) is 1.71. The van der Waals surface area contributed by atoms with Gasteiger partial charge in [-0.15, -0.1) is 0 Å². The first-order valence-corrected chi connectivity index (χ1v) is 6.26. The summed E-state index contributed by atoms with van der Waals surface area (Å²) >= 11 is 3.48. The molecule has 0 spiro atoms. The molecular formula is C13H13BrN2O2. The van der Waals surface area contributed by atoms with Gasteiger partial charge in [0.05, 0.1) is 12.6 Å². The van der Waals surface area contributed by atoms with Crippen LogP contribution in [0.15, 0.2) is 34.9 Å². The third-order valence-electron chi connectivity index (χ3n) is 2.78. The summed E-state index contributed by atoms with van der Waals surface area (Å²) in [7, 11) is 3.10. The molecule has 0 aliphatic rings. The molecule has 0 aliphatic heterocycles. The van der Waals surface area contributed by atoms with Gasteiger partial charge in [-0.3, -0.25) is 4.98 Å². The first-order valence-electron chi connectivity index (χ1n) is 5.47. The maximum atomic E-state index is 11.7. The van der Waals surface area contributed by atoms with Crippen molar-refractivity contribution in [1.82, 2.24) is 10.3 Å². The Morgan fingerprint density at radius 2 is 2.22 bits per heavy atom. The Morgan fingerprint density at radius 3 is 2.89 bits per heavy atom. The van der Waals surface area contributed by atoms with Crippen molar-refractivity contribution in [3.05, 3.63) is 40.5 Å². The highest BCUT2D eigenvalue weighted by atomic mass is 79.9. The van der Waals surface area contributed by atoms with Gasteiger partial charge in [-0.05, 0) is 19.2 Å². The predicted octanol–water partition coefficient (Wildman–Crippen LogP) is 2.43. The average Bonchev–Trinajstić information content (AvgIpc) is 2.42. The number of benzene rings is 1. The van der Waals surface area contributed by atoms with Gasteiger partial charge in [0.1, 0.15) is 6.04 Å². The van der Waals surface area contributed by atoms with Crippen molar-refractivity contribution in [3.8, 4) is 0 Å². The summed E-state index contributed by atoms with van der Waals surface area (Å²) in [5.74, 6) is -0.327.